The van der Waals surface area contributed by atoms with Crippen molar-refractivity contribution in [1.82, 2.24) is 15.6 Å². The van der Waals surface area contributed by atoms with Crippen LogP contribution in [0.2, 0.25) is 0 Å². The second-order valence-corrected chi connectivity index (χ2v) is 7.99. The zero-order valence-corrected chi connectivity index (χ0v) is 14.9. The number of urea groups is 1. The molecule has 0 fully saturated rings. The summed E-state index contributed by atoms with van der Waals surface area (Å²) in [5.74, 6) is -0.188. The fraction of sp³-hybridized carbons (Fsp3) is 0.312. The van der Waals surface area contributed by atoms with E-state index < -0.39 is 6.03 Å². The Balaban J connectivity index is 1.83. The Morgan fingerprint density at radius 3 is 2.57 bits per heavy atom. The fourth-order valence-corrected chi connectivity index (χ4v) is 3.36. The predicted octanol–water partition coefficient (Wildman–Crippen LogP) is 3.53. The number of imide groups is 1. The summed E-state index contributed by atoms with van der Waals surface area (Å²) in [6.07, 6.45) is 0. The van der Waals surface area contributed by atoms with Gasteiger partial charge in [-0.3, -0.25) is 10.1 Å². The maximum absolute atomic E-state index is 11.8. The van der Waals surface area contributed by atoms with Crippen LogP contribution in [0.4, 0.5) is 4.79 Å². The average Bonchev–Trinajstić information content (AvgIpc) is 2.93. The third-order valence-electron chi connectivity index (χ3n) is 2.62. The van der Waals surface area contributed by atoms with Crippen molar-refractivity contribution < 1.29 is 9.59 Å². The molecular formula is C16H19N3O2S2. The Labute approximate surface area is 143 Å². The van der Waals surface area contributed by atoms with Gasteiger partial charge in [0.2, 0.25) is 5.91 Å². The number of thioether (sulfide) groups is 1. The lowest BCUT2D eigenvalue weighted by molar-refractivity contribution is -0.117. The van der Waals surface area contributed by atoms with Crippen LogP contribution < -0.4 is 10.6 Å². The molecule has 23 heavy (non-hydrogen) atoms. The lowest BCUT2D eigenvalue weighted by atomic mass is 10.1. The molecule has 3 amide bonds. The second-order valence-electron chi connectivity index (χ2n) is 5.91. The van der Waals surface area contributed by atoms with Gasteiger partial charge in [0, 0.05) is 16.5 Å². The smallest absolute Gasteiger partial charge is 0.321 e. The largest absolute Gasteiger partial charge is 0.333 e. The van der Waals surface area contributed by atoms with Crippen LogP contribution in [0.1, 0.15) is 20.8 Å². The number of thiazole rings is 1. The van der Waals surface area contributed by atoms with Crippen molar-refractivity contribution in [1.29, 1.82) is 0 Å². The Bertz CT molecular complexity index is 678. The topological polar surface area (TPSA) is 71.1 Å². The molecule has 1 heterocycles. The summed E-state index contributed by atoms with van der Waals surface area (Å²) in [5, 5.41) is 6.95. The minimum atomic E-state index is -0.479. The molecule has 0 unspecified atom stereocenters. The lowest BCUT2D eigenvalue weighted by Crippen LogP contribution is -2.48. The molecule has 0 aliphatic rings. The number of carbonyl (C=O) groups is 2. The predicted molar refractivity (Wildman–Crippen MR) is 94.7 cm³/mol. The van der Waals surface area contributed by atoms with Crippen LogP contribution in [0, 0.1) is 0 Å². The van der Waals surface area contributed by atoms with E-state index in [0.717, 1.165) is 15.6 Å². The summed E-state index contributed by atoms with van der Waals surface area (Å²) in [6, 6.07) is 9.39. The van der Waals surface area contributed by atoms with Crippen LogP contribution in [0.15, 0.2) is 40.1 Å². The molecule has 7 heteroatoms. The van der Waals surface area contributed by atoms with Crippen LogP contribution in [0.25, 0.3) is 11.3 Å². The van der Waals surface area contributed by atoms with Gasteiger partial charge in [0.05, 0.1) is 11.4 Å². The molecule has 5 nitrogen and oxygen atoms in total. The van der Waals surface area contributed by atoms with Crippen molar-refractivity contribution in [3.8, 4) is 11.3 Å². The Kier molecular flexibility index (Phi) is 5.79. The molecule has 122 valence electrons. The minimum absolute atomic E-state index is 0.152. The fourth-order valence-electron chi connectivity index (χ4n) is 1.73. The van der Waals surface area contributed by atoms with Gasteiger partial charge in [-0.25, -0.2) is 9.78 Å². The van der Waals surface area contributed by atoms with Crippen LogP contribution >= 0.6 is 23.1 Å². The normalized spacial score (nSPS) is 11.1. The molecular weight excluding hydrogens is 330 g/mol. The zero-order valence-electron chi connectivity index (χ0n) is 13.3. The summed E-state index contributed by atoms with van der Waals surface area (Å²) >= 11 is 2.81. The van der Waals surface area contributed by atoms with Crippen LogP contribution in [-0.2, 0) is 4.79 Å². The first-order valence-corrected chi connectivity index (χ1v) is 8.96. The monoisotopic (exact) mass is 349 g/mol. The van der Waals surface area contributed by atoms with Crippen molar-refractivity contribution in [2.75, 3.05) is 5.75 Å². The van der Waals surface area contributed by atoms with Gasteiger partial charge in [-0.2, -0.15) is 0 Å². The van der Waals surface area contributed by atoms with E-state index in [4.69, 9.17) is 0 Å². The second kappa shape index (κ2) is 7.61. The molecule has 0 aliphatic heterocycles. The van der Waals surface area contributed by atoms with Crippen molar-refractivity contribution in [3.63, 3.8) is 0 Å². The molecule has 1 aromatic carbocycles. The van der Waals surface area contributed by atoms with E-state index in [1.165, 1.54) is 23.1 Å². The van der Waals surface area contributed by atoms with E-state index in [2.05, 4.69) is 15.6 Å². The van der Waals surface area contributed by atoms with Gasteiger partial charge in [-0.15, -0.1) is 11.3 Å². The van der Waals surface area contributed by atoms with E-state index in [1.54, 1.807) is 0 Å². The lowest BCUT2D eigenvalue weighted by Gasteiger charge is -2.20. The number of amides is 3. The maximum Gasteiger partial charge on any atom is 0.321 e. The van der Waals surface area contributed by atoms with Crippen molar-refractivity contribution in [2.45, 2.75) is 30.6 Å². The number of hydrogen-bond donors (Lipinski definition) is 2. The molecule has 2 N–H and O–H groups in total. The van der Waals surface area contributed by atoms with E-state index >= 15 is 0 Å². The highest BCUT2D eigenvalue weighted by molar-refractivity contribution is 8.01. The number of hydrogen-bond acceptors (Lipinski definition) is 5. The summed E-state index contributed by atoms with van der Waals surface area (Å²) in [5.41, 5.74) is 1.56. The van der Waals surface area contributed by atoms with Crippen molar-refractivity contribution in [3.05, 3.63) is 35.7 Å². The van der Waals surface area contributed by atoms with Crippen molar-refractivity contribution in [2.24, 2.45) is 0 Å². The summed E-state index contributed by atoms with van der Waals surface area (Å²) < 4.78 is 0.801. The van der Waals surface area contributed by atoms with Gasteiger partial charge in [-0.05, 0) is 20.8 Å². The first kappa shape index (κ1) is 17.5. The van der Waals surface area contributed by atoms with Crippen LogP contribution in [0.3, 0.4) is 0 Å². The third-order valence-corrected chi connectivity index (χ3v) is 4.64. The number of rotatable bonds is 4. The van der Waals surface area contributed by atoms with Crippen LogP contribution in [-0.4, -0.2) is 28.2 Å². The molecule has 0 aliphatic carbocycles. The number of nitrogens with one attached hydrogen (secondary N) is 2. The zero-order chi connectivity index (χ0) is 16.9. The minimum Gasteiger partial charge on any atom is -0.333 e. The van der Waals surface area contributed by atoms with Gasteiger partial charge < -0.3 is 5.32 Å². The van der Waals surface area contributed by atoms with Gasteiger partial charge in [0.25, 0.3) is 0 Å². The molecule has 0 saturated heterocycles. The number of benzene rings is 1. The first-order chi connectivity index (χ1) is 10.8. The maximum atomic E-state index is 11.8. The molecule has 0 radical (unpaired) electrons. The van der Waals surface area contributed by atoms with E-state index in [-0.39, 0.29) is 17.2 Å². The highest BCUT2D eigenvalue weighted by Crippen LogP contribution is 2.27. The van der Waals surface area contributed by atoms with Crippen LogP contribution in [0.5, 0.6) is 0 Å². The quantitative estimate of drug-likeness (QED) is 0.829. The van der Waals surface area contributed by atoms with E-state index in [1.807, 2.05) is 56.5 Å². The number of aromatic nitrogens is 1. The molecule has 0 saturated carbocycles. The third kappa shape index (κ3) is 6.03. The van der Waals surface area contributed by atoms with E-state index in [0.29, 0.717) is 0 Å². The molecule has 2 aromatic rings. The number of carbonyl (C=O) groups excluding carboxylic acids is 2. The highest BCUT2D eigenvalue weighted by Gasteiger charge is 2.16. The van der Waals surface area contributed by atoms with Crippen molar-refractivity contribution >= 4 is 35.0 Å². The molecule has 0 spiro atoms. The number of nitrogens with zero attached hydrogens (tertiary/aromatic N) is 1. The molecule has 1 aromatic heterocycles. The molecule has 2 rings (SSSR count). The standard InChI is InChI=1S/C16H19N3O2S2/c1-16(2,3)19-14(21)18-13(20)10-23-15-17-12(9-22-15)11-7-5-4-6-8-11/h4-9H,10H2,1-3H3,(H2,18,19,20,21). The summed E-state index contributed by atoms with van der Waals surface area (Å²) in [4.78, 5) is 27.9. The Hall–Kier alpha value is -1.86. The molecule has 0 atom stereocenters. The first-order valence-electron chi connectivity index (χ1n) is 7.09. The SMILES string of the molecule is CC(C)(C)NC(=O)NC(=O)CSc1nc(-c2ccccc2)cs1. The highest BCUT2D eigenvalue weighted by atomic mass is 32.2. The van der Waals surface area contributed by atoms with Gasteiger partial charge >= 0.3 is 6.03 Å². The van der Waals surface area contributed by atoms with Gasteiger partial charge in [0.15, 0.2) is 4.34 Å². The Morgan fingerprint density at radius 1 is 1.22 bits per heavy atom. The summed E-state index contributed by atoms with van der Waals surface area (Å²) in [7, 11) is 0. The molecule has 0 bridgehead atoms. The van der Waals surface area contributed by atoms with Gasteiger partial charge in [-0.1, -0.05) is 42.1 Å². The van der Waals surface area contributed by atoms with Gasteiger partial charge in [0.1, 0.15) is 0 Å². The summed E-state index contributed by atoms with van der Waals surface area (Å²) in [6.45, 7) is 5.56. The average molecular weight is 349 g/mol. The Morgan fingerprint density at radius 2 is 1.91 bits per heavy atom. The van der Waals surface area contributed by atoms with E-state index in [9.17, 15) is 9.59 Å².